The van der Waals surface area contributed by atoms with Crippen LogP contribution in [0.25, 0.3) is 5.65 Å². The number of carbonyl (C=O) groups is 4. The summed E-state index contributed by atoms with van der Waals surface area (Å²) in [6.45, 7) is 10.4. The largest absolute Gasteiger partial charge is 0.391 e. The van der Waals surface area contributed by atoms with Gasteiger partial charge in [0.2, 0.25) is 17.7 Å². The van der Waals surface area contributed by atoms with Crippen LogP contribution in [-0.2, 0) is 21.4 Å². The molecule has 0 radical (unpaired) electrons. The molecule has 3 N–H and O–H groups in total. The molecule has 2 aliphatic rings. The van der Waals surface area contributed by atoms with Gasteiger partial charge in [-0.05, 0) is 37.7 Å². The smallest absolute Gasteiger partial charge is 0.284 e. The molecule has 0 aliphatic carbocycles. The molecule has 5 heterocycles. The maximum absolute atomic E-state index is 13.4. The second-order valence-electron chi connectivity index (χ2n) is 16.3. The first kappa shape index (κ1) is 42.5. The van der Waals surface area contributed by atoms with Crippen molar-refractivity contribution in [2.75, 3.05) is 42.9 Å². The summed E-state index contributed by atoms with van der Waals surface area (Å²) in [5.41, 5.74) is -0.604. The van der Waals surface area contributed by atoms with Crippen molar-refractivity contribution in [2.24, 2.45) is 12.5 Å². The van der Waals surface area contributed by atoms with E-state index in [-0.39, 0.29) is 40.7 Å². The molecule has 2 aliphatic heterocycles. The molecule has 0 saturated carbocycles. The van der Waals surface area contributed by atoms with Crippen LogP contribution < -0.4 is 15.5 Å². The Hall–Kier alpha value is -4.67. The van der Waals surface area contributed by atoms with Crippen LogP contribution in [0.3, 0.4) is 0 Å². The van der Waals surface area contributed by atoms with E-state index in [1.807, 2.05) is 37.5 Å². The molecule has 5 rings (SSSR count). The highest BCUT2D eigenvalue weighted by Gasteiger charge is 2.40. The number of nitrogens with one attached hydrogen (secondary N) is 2. The first-order chi connectivity index (χ1) is 26.6. The summed E-state index contributed by atoms with van der Waals surface area (Å²) in [7, 11) is 1.50. The molecule has 3 aromatic heterocycles. The molecule has 3 aromatic rings. The van der Waals surface area contributed by atoms with Gasteiger partial charge in [0.1, 0.15) is 17.4 Å². The monoisotopic (exact) mass is 784 g/mol. The van der Waals surface area contributed by atoms with Crippen LogP contribution in [0.2, 0.25) is 0 Å². The zero-order valence-corrected chi connectivity index (χ0v) is 33.3. The number of aryl methyl sites for hydroxylation is 1. The van der Waals surface area contributed by atoms with Gasteiger partial charge >= 0.3 is 0 Å². The van der Waals surface area contributed by atoms with E-state index in [0.717, 1.165) is 51.4 Å². The van der Waals surface area contributed by atoms with Crippen LogP contribution in [0.5, 0.6) is 0 Å². The molecule has 15 nitrogen and oxygen atoms in total. The Morgan fingerprint density at radius 2 is 1.61 bits per heavy atom. The number of anilines is 2. The third kappa shape index (κ3) is 11.0. The Labute approximate surface area is 327 Å². The molecule has 0 bridgehead atoms. The van der Waals surface area contributed by atoms with Gasteiger partial charge in [-0.15, -0.1) is 0 Å². The van der Waals surface area contributed by atoms with Crippen molar-refractivity contribution in [2.45, 2.75) is 123 Å². The van der Waals surface area contributed by atoms with Crippen LogP contribution >= 0.6 is 0 Å². The fraction of sp³-hybridized carbons (Fsp3) is 0.667. The number of aliphatic hydroxyl groups excluding tert-OH is 1. The maximum atomic E-state index is 13.4. The van der Waals surface area contributed by atoms with Crippen LogP contribution in [0.1, 0.15) is 121 Å². The van der Waals surface area contributed by atoms with Gasteiger partial charge in [0, 0.05) is 71.0 Å². The van der Waals surface area contributed by atoms with E-state index in [2.05, 4.69) is 25.8 Å². The summed E-state index contributed by atoms with van der Waals surface area (Å²) in [5, 5.41) is 23.4. The van der Waals surface area contributed by atoms with Crippen LogP contribution in [-0.4, -0.2) is 114 Å². The van der Waals surface area contributed by atoms with E-state index in [4.69, 9.17) is 0 Å². The van der Waals surface area contributed by atoms with Crippen LogP contribution in [0.4, 0.5) is 20.3 Å². The second-order valence-corrected chi connectivity index (χ2v) is 16.3. The number of rotatable bonds is 17. The number of hydrogen-bond donors (Lipinski definition) is 3. The van der Waals surface area contributed by atoms with Crippen molar-refractivity contribution in [3.8, 4) is 0 Å². The predicted octanol–water partition coefficient (Wildman–Crippen LogP) is 4.71. The van der Waals surface area contributed by atoms with E-state index in [9.17, 15) is 33.1 Å². The molecule has 2 saturated heterocycles. The van der Waals surface area contributed by atoms with E-state index in [1.165, 1.54) is 28.6 Å². The molecule has 0 spiro atoms. The third-order valence-electron chi connectivity index (χ3n) is 10.7. The number of unbranched alkanes of at least 4 members (excludes halogenated alkanes) is 7. The number of aromatic nitrogens is 5. The maximum Gasteiger partial charge on any atom is 0.284 e. The second kappa shape index (κ2) is 19.0. The molecule has 17 heteroatoms. The van der Waals surface area contributed by atoms with Gasteiger partial charge in [0.05, 0.1) is 18.0 Å². The van der Waals surface area contributed by atoms with Crippen LogP contribution in [0.15, 0.2) is 24.7 Å². The lowest BCUT2D eigenvalue weighted by molar-refractivity contribution is -0.140. The number of piperazine rings is 1. The minimum atomic E-state index is -2.84. The summed E-state index contributed by atoms with van der Waals surface area (Å²) in [6, 6.07) is 1.12. The Bertz CT molecular complexity index is 1820. The number of carbonyl (C=O) groups excluding carboxylic acids is 4. The number of β-amino-alcohol motifs (C(OH)–C–C–N with tert-alkyl or cyclic N) is 1. The first-order valence-electron chi connectivity index (χ1n) is 19.9. The van der Waals surface area contributed by atoms with E-state index in [1.54, 1.807) is 17.2 Å². The highest BCUT2D eigenvalue weighted by atomic mass is 19.3. The van der Waals surface area contributed by atoms with Crippen molar-refractivity contribution < 1.29 is 33.1 Å². The van der Waals surface area contributed by atoms with Crippen LogP contribution in [0, 0.1) is 5.41 Å². The summed E-state index contributed by atoms with van der Waals surface area (Å²) in [4.78, 5) is 62.3. The van der Waals surface area contributed by atoms with Crippen molar-refractivity contribution in [1.29, 1.82) is 0 Å². The zero-order valence-electron chi connectivity index (χ0n) is 33.3. The number of likely N-dealkylation sites (tertiary alicyclic amines) is 1. The Balaban J connectivity index is 0.944. The molecule has 0 aromatic carbocycles. The quantitative estimate of drug-likeness (QED) is 0.164. The highest BCUT2D eigenvalue weighted by Crippen LogP contribution is 2.28. The highest BCUT2D eigenvalue weighted by molar-refractivity contribution is 6.08. The minimum Gasteiger partial charge on any atom is -0.391 e. The Morgan fingerprint density at radius 1 is 0.964 bits per heavy atom. The lowest BCUT2D eigenvalue weighted by Crippen LogP contribution is -2.55. The number of amides is 4. The van der Waals surface area contributed by atoms with E-state index < -0.39 is 35.6 Å². The van der Waals surface area contributed by atoms with Gasteiger partial charge in [-0.2, -0.15) is 10.2 Å². The van der Waals surface area contributed by atoms with Crippen molar-refractivity contribution >= 4 is 40.8 Å². The number of fused-ring (bicyclic) bond motifs is 1. The molecule has 3 atom stereocenters. The van der Waals surface area contributed by atoms with Gasteiger partial charge in [-0.3, -0.25) is 23.9 Å². The van der Waals surface area contributed by atoms with Gasteiger partial charge in [0.25, 0.3) is 12.3 Å². The summed E-state index contributed by atoms with van der Waals surface area (Å²) in [6.07, 6.45) is 10.2. The summed E-state index contributed by atoms with van der Waals surface area (Å²) >= 11 is 0. The number of aliphatic hydroxyl groups is 1. The average molecular weight is 785 g/mol. The van der Waals surface area contributed by atoms with Gasteiger partial charge in [-0.25, -0.2) is 18.3 Å². The average Bonchev–Trinajstić information content (AvgIpc) is 3.85. The standard InChI is InChI=1S/C39H58F2N10O5/c1-26-22-27(52)24-50(26)38(56)34(39(2,3)4)45-31(53)14-12-10-8-6-7-9-11-13-15-32(54)49-20-18-48(19-21-49)30-16-17-51-36(44-30)28(23-42-51)37(55)43-29-25-47(5)46-33(29)35(40)41/h16-17,23,25-27,34-35,52H,6-15,18-22,24H2,1-5H3,(H,43,55)(H,45,53)/t26-,27-,34-/m1/s1. The van der Waals surface area contributed by atoms with E-state index in [0.29, 0.717) is 57.8 Å². The fourth-order valence-electron chi connectivity index (χ4n) is 7.47. The van der Waals surface area contributed by atoms with Gasteiger partial charge in [-0.1, -0.05) is 59.3 Å². The normalized spacial score (nSPS) is 18.2. The summed E-state index contributed by atoms with van der Waals surface area (Å²) < 4.78 is 29.4. The Kier molecular flexibility index (Phi) is 14.4. The van der Waals surface area contributed by atoms with Crippen molar-refractivity contribution in [3.63, 3.8) is 0 Å². The number of alkyl halides is 2. The molecule has 4 amide bonds. The predicted molar refractivity (Wildman–Crippen MR) is 207 cm³/mol. The lowest BCUT2D eigenvalue weighted by atomic mass is 9.85. The molecule has 308 valence electrons. The fourth-order valence-corrected chi connectivity index (χ4v) is 7.47. The van der Waals surface area contributed by atoms with Gasteiger partial charge < -0.3 is 30.4 Å². The Morgan fingerprint density at radius 3 is 2.21 bits per heavy atom. The topological polar surface area (TPSA) is 170 Å². The molecular weight excluding hydrogens is 726 g/mol. The minimum absolute atomic E-state index is 0.0468. The number of nitrogens with zero attached hydrogens (tertiary/aromatic N) is 8. The summed E-state index contributed by atoms with van der Waals surface area (Å²) in [5.74, 6) is -0.0886. The molecule has 0 unspecified atom stereocenters. The lowest BCUT2D eigenvalue weighted by Gasteiger charge is -2.35. The van der Waals surface area contributed by atoms with Crippen molar-refractivity contribution in [1.82, 2.24) is 39.5 Å². The SMILES string of the molecule is C[C@@H]1C[C@@H](O)CN1C(=O)[C@@H](NC(=O)CCCCCCCCCCC(=O)N1CCN(c2ccn3ncc(C(=O)Nc4cn(C)nc4C(F)F)c3n2)CC1)C(C)(C)C. The molecule has 56 heavy (non-hydrogen) atoms. The number of hydrogen-bond acceptors (Lipinski definition) is 9. The van der Waals surface area contributed by atoms with Crippen molar-refractivity contribution in [3.05, 3.63) is 35.9 Å². The third-order valence-corrected chi connectivity index (χ3v) is 10.7. The molecule has 2 fully saturated rings. The van der Waals surface area contributed by atoms with Gasteiger partial charge in [0.15, 0.2) is 11.3 Å². The first-order valence-corrected chi connectivity index (χ1v) is 19.9. The zero-order chi connectivity index (χ0) is 40.6. The van der Waals surface area contributed by atoms with E-state index >= 15 is 0 Å². The molecular formula is C39H58F2N10O5. The number of halogens is 2.